The summed E-state index contributed by atoms with van der Waals surface area (Å²) in [5.74, 6) is -3.17. The van der Waals surface area contributed by atoms with E-state index in [1.807, 2.05) is 18.5 Å². The van der Waals surface area contributed by atoms with Crippen molar-refractivity contribution in [1.82, 2.24) is 15.7 Å². The maximum absolute atomic E-state index is 13.9. The van der Waals surface area contributed by atoms with Crippen molar-refractivity contribution < 1.29 is 18.8 Å². The molecule has 1 aliphatic heterocycles. The molecule has 1 aliphatic rings. The molecule has 1 amide bonds. The van der Waals surface area contributed by atoms with E-state index >= 15 is 0 Å². The van der Waals surface area contributed by atoms with E-state index in [0.717, 1.165) is 31.9 Å². The summed E-state index contributed by atoms with van der Waals surface area (Å²) in [6.45, 7) is 4.44. The average molecular weight is 341 g/mol. The molecule has 0 spiro atoms. The number of benzene rings is 1. The molecule has 1 heterocycles. The zero-order valence-corrected chi connectivity index (χ0v) is 14.1. The summed E-state index contributed by atoms with van der Waals surface area (Å²) in [4.78, 5) is 13.6. The van der Waals surface area contributed by atoms with Gasteiger partial charge in [0, 0.05) is 31.6 Å². The molecule has 134 valence electrons. The van der Waals surface area contributed by atoms with E-state index in [9.17, 15) is 13.6 Å². The quantitative estimate of drug-likeness (QED) is 0.693. The molecular weight excluding hydrogens is 316 g/mol. The Kier molecular flexibility index (Phi) is 6.26. The Morgan fingerprint density at radius 2 is 2.21 bits per heavy atom. The van der Waals surface area contributed by atoms with Crippen molar-refractivity contribution >= 4 is 5.91 Å². The number of alkyl halides is 2. The molecule has 3 N–H and O–H groups in total. The number of nitrogens with one attached hydrogen (secondary N) is 2. The number of aryl methyl sites for hydroxylation is 1. The zero-order chi connectivity index (χ0) is 17.7. The van der Waals surface area contributed by atoms with Crippen molar-refractivity contribution in [2.75, 3.05) is 19.6 Å². The third kappa shape index (κ3) is 4.96. The minimum atomic E-state index is -2.87. The van der Waals surface area contributed by atoms with Crippen LogP contribution in [0.3, 0.4) is 0 Å². The number of rotatable bonds is 6. The molecule has 1 aromatic rings. The molecule has 1 atom stereocenters. The van der Waals surface area contributed by atoms with Gasteiger partial charge in [0.1, 0.15) is 0 Å². The van der Waals surface area contributed by atoms with Gasteiger partial charge < -0.3 is 10.5 Å². The predicted octanol–water partition coefficient (Wildman–Crippen LogP) is 2.03. The van der Waals surface area contributed by atoms with Gasteiger partial charge in [0.15, 0.2) is 0 Å². The molecule has 0 bridgehead atoms. The molecule has 7 heteroatoms. The number of halogens is 2. The number of carbonyl (C=O) groups is 1. The molecule has 0 fully saturated rings. The van der Waals surface area contributed by atoms with Gasteiger partial charge in [0.2, 0.25) is 5.91 Å². The van der Waals surface area contributed by atoms with Crippen molar-refractivity contribution in [2.24, 2.45) is 0 Å². The van der Waals surface area contributed by atoms with E-state index in [-0.39, 0.29) is 24.1 Å². The van der Waals surface area contributed by atoms with Crippen LogP contribution >= 0.6 is 0 Å². The molecular formula is C17H25F2N3O2. The number of hydroxylamine groups is 1. The lowest BCUT2D eigenvalue weighted by Crippen LogP contribution is -2.44. The maximum Gasteiger partial charge on any atom is 0.270 e. The van der Waals surface area contributed by atoms with E-state index in [2.05, 4.69) is 10.2 Å². The predicted molar refractivity (Wildman–Crippen MR) is 87.0 cm³/mol. The Morgan fingerprint density at radius 3 is 2.88 bits per heavy atom. The molecule has 5 nitrogen and oxygen atoms in total. The van der Waals surface area contributed by atoms with E-state index in [4.69, 9.17) is 5.21 Å². The maximum atomic E-state index is 13.9. The monoisotopic (exact) mass is 341 g/mol. The highest BCUT2D eigenvalue weighted by Crippen LogP contribution is 2.33. The van der Waals surface area contributed by atoms with Gasteiger partial charge in [-0.05, 0) is 37.4 Å². The lowest BCUT2D eigenvalue weighted by atomic mass is 9.95. The molecule has 0 unspecified atom stereocenters. The fourth-order valence-corrected chi connectivity index (χ4v) is 3.25. The molecule has 0 aromatic heterocycles. The van der Waals surface area contributed by atoms with Crippen molar-refractivity contribution in [3.05, 3.63) is 34.9 Å². The second-order valence-electron chi connectivity index (χ2n) is 6.47. The summed E-state index contributed by atoms with van der Waals surface area (Å²) in [5.41, 5.74) is 3.60. The van der Waals surface area contributed by atoms with Crippen LogP contribution in [0.15, 0.2) is 18.2 Å². The first-order valence-electron chi connectivity index (χ1n) is 8.19. The van der Waals surface area contributed by atoms with Crippen molar-refractivity contribution in [3.8, 4) is 0 Å². The summed E-state index contributed by atoms with van der Waals surface area (Å²) in [6.07, 6.45) is 1.68. The molecule has 1 aromatic carbocycles. The number of hydrogen-bond acceptors (Lipinski definition) is 4. The van der Waals surface area contributed by atoms with Gasteiger partial charge in [0.25, 0.3) is 5.92 Å². The number of amides is 1. The molecule has 0 saturated heterocycles. The lowest BCUT2D eigenvalue weighted by molar-refractivity contribution is -0.122. The molecule has 0 radical (unpaired) electrons. The van der Waals surface area contributed by atoms with E-state index in [0.29, 0.717) is 18.7 Å². The largest absolute Gasteiger partial charge is 0.351 e. The highest BCUT2D eigenvalue weighted by atomic mass is 19.3. The van der Waals surface area contributed by atoms with Crippen LogP contribution in [0.5, 0.6) is 0 Å². The first-order chi connectivity index (χ1) is 11.3. The van der Waals surface area contributed by atoms with Gasteiger partial charge in [-0.2, -0.15) is 5.48 Å². The SMILES string of the molecule is C[C@@H](CN1CCCc2cccc(C(C)(F)F)c2C1)NC(=O)CNO. The smallest absolute Gasteiger partial charge is 0.270 e. The Hall–Kier alpha value is -1.57. The van der Waals surface area contributed by atoms with Gasteiger partial charge in [-0.3, -0.25) is 9.69 Å². The Bertz CT molecular complexity index is 575. The third-order valence-corrected chi connectivity index (χ3v) is 4.23. The first kappa shape index (κ1) is 18.8. The highest BCUT2D eigenvalue weighted by molar-refractivity contribution is 5.78. The van der Waals surface area contributed by atoms with E-state index < -0.39 is 5.92 Å². The molecule has 2 rings (SSSR count). The summed E-state index contributed by atoms with van der Waals surface area (Å²) in [5, 5.41) is 11.3. The standard InChI is InChI=1S/C17H25F2N3O2/c1-12(21-16(23)9-20-24)10-22-8-4-6-13-5-3-7-15(14(13)11-22)17(2,18)19/h3,5,7,12,20,24H,4,6,8-11H2,1-2H3,(H,21,23)/t12-/m0/s1. The van der Waals surface area contributed by atoms with Crippen LogP contribution in [-0.4, -0.2) is 41.7 Å². The van der Waals surface area contributed by atoms with Crippen molar-refractivity contribution in [3.63, 3.8) is 0 Å². The first-order valence-corrected chi connectivity index (χ1v) is 8.19. The summed E-state index contributed by atoms with van der Waals surface area (Å²) >= 11 is 0. The van der Waals surface area contributed by atoms with Crippen LogP contribution < -0.4 is 10.8 Å². The highest BCUT2D eigenvalue weighted by Gasteiger charge is 2.30. The van der Waals surface area contributed by atoms with Gasteiger partial charge in [-0.1, -0.05) is 18.2 Å². The summed E-state index contributed by atoms with van der Waals surface area (Å²) in [7, 11) is 0. The van der Waals surface area contributed by atoms with Crippen LogP contribution in [0.2, 0.25) is 0 Å². The zero-order valence-electron chi connectivity index (χ0n) is 14.1. The van der Waals surface area contributed by atoms with Crippen LogP contribution in [-0.2, 0) is 23.7 Å². The normalized spacial score (nSPS) is 17.0. The summed E-state index contributed by atoms with van der Waals surface area (Å²) in [6, 6.07) is 4.99. The number of hydrogen-bond donors (Lipinski definition) is 3. The third-order valence-electron chi connectivity index (χ3n) is 4.23. The molecule has 0 aliphatic carbocycles. The number of carbonyl (C=O) groups excluding carboxylic acids is 1. The number of fused-ring (bicyclic) bond motifs is 1. The Labute approximate surface area is 141 Å². The fourth-order valence-electron chi connectivity index (χ4n) is 3.25. The molecule has 24 heavy (non-hydrogen) atoms. The molecule has 0 saturated carbocycles. The second kappa shape index (κ2) is 8.00. The second-order valence-corrected chi connectivity index (χ2v) is 6.47. The lowest BCUT2D eigenvalue weighted by Gasteiger charge is -2.26. The van der Waals surface area contributed by atoms with Crippen LogP contribution in [0, 0.1) is 0 Å². The Morgan fingerprint density at radius 1 is 1.46 bits per heavy atom. The summed E-state index contributed by atoms with van der Waals surface area (Å²) < 4.78 is 27.8. The average Bonchev–Trinajstić information content (AvgIpc) is 2.67. The Balaban J connectivity index is 2.10. The van der Waals surface area contributed by atoms with Gasteiger partial charge in [-0.15, -0.1) is 0 Å². The van der Waals surface area contributed by atoms with E-state index in [1.165, 1.54) is 6.07 Å². The topological polar surface area (TPSA) is 64.6 Å². The van der Waals surface area contributed by atoms with Crippen LogP contribution in [0.4, 0.5) is 8.78 Å². The minimum Gasteiger partial charge on any atom is -0.351 e. The fraction of sp³-hybridized carbons (Fsp3) is 0.588. The van der Waals surface area contributed by atoms with E-state index in [1.54, 1.807) is 6.07 Å². The minimum absolute atomic E-state index is 0.0908. The van der Waals surface area contributed by atoms with Crippen molar-refractivity contribution in [2.45, 2.75) is 45.2 Å². The van der Waals surface area contributed by atoms with Crippen LogP contribution in [0.1, 0.15) is 37.0 Å². The van der Waals surface area contributed by atoms with Gasteiger partial charge in [-0.25, -0.2) is 8.78 Å². The van der Waals surface area contributed by atoms with Gasteiger partial charge >= 0.3 is 0 Å². The van der Waals surface area contributed by atoms with Crippen molar-refractivity contribution in [1.29, 1.82) is 0 Å². The number of nitrogens with zero attached hydrogens (tertiary/aromatic N) is 1. The van der Waals surface area contributed by atoms with Gasteiger partial charge in [0.05, 0.1) is 6.54 Å². The van der Waals surface area contributed by atoms with Crippen LogP contribution in [0.25, 0.3) is 0 Å².